The monoisotopic (exact) mass is 310 g/mol. The van der Waals surface area contributed by atoms with E-state index >= 15 is 0 Å². The average Bonchev–Trinajstić information content (AvgIpc) is 2.77. The first-order chi connectivity index (χ1) is 9.88. The second-order valence-corrected chi connectivity index (χ2v) is 6.73. The third-order valence-electron chi connectivity index (χ3n) is 3.66. The van der Waals surface area contributed by atoms with Crippen molar-refractivity contribution in [3.63, 3.8) is 0 Å². The smallest absolute Gasteiger partial charge is 0.263 e. The fourth-order valence-electron chi connectivity index (χ4n) is 2.49. The van der Waals surface area contributed by atoms with Gasteiger partial charge in [-0.05, 0) is 19.8 Å². The van der Waals surface area contributed by atoms with Crippen molar-refractivity contribution in [3.05, 3.63) is 10.6 Å². The van der Waals surface area contributed by atoms with E-state index < -0.39 is 0 Å². The van der Waals surface area contributed by atoms with Crippen LogP contribution in [-0.2, 0) is 4.79 Å². The van der Waals surface area contributed by atoms with Gasteiger partial charge in [-0.25, -0.2) is 4.98 Å². The van der Waals surface area contributed by atoms with Gasteiger partial charge in [0.1, 0.15) is 4.88 Å². The molecule has 0 unspecified atom stereocenters. The number of nitrogens with one attached hydrogen (secondary N) is 1. The number of nitrogens with zero attached hydrogens (tertiary/aromatic N) is 2. The van der Waals surface area contributed by atoms with Crippen LogP contribution in [0.5, 0.6) is 0 Å². The summed E-state index contributed by atoms with van der Waals surface area (Å²) in [6.07, 6.45) is 1.58. The van der Waals surface area contributed by atoms with Gasteiger partial charge in [0.05, 0.1) is 5.69 Å². The number of carbonyl (C=O) groups excluding carboxylic acids is 2. The second kappa shape index (κ2) is 6.43. The van der Waals surface area contributed by atoms with Crippen LogP contribution in [0.2, 0.25) is 0 Å². The van der Waals surface area contributed by atoms with Crippen LogP contribution in [0.3, 0.4) is 0 Å². The predicted molar refractivity (Wildman–Crippen MR) is 83.2 cm³/mol. The molecule has 2 amide bonds. The van der Waals surface area contributed by atoms with Gasteiger partial charge in [-0.15, -0.1) is 0 Å². The van der Waals surface area contributed by atoms with E-state index in [1.165, 1.54) is 11.3 Å². The highest BCUT2D eigenvalue weighted by Crippen LogP contribution is 2.20. The normalized spacial score (nSPS) is 16.3. The van der Waals surface area contributed by atoms with E-state index in [9.17, 15) is 9.59 Å². The molecule has 0 aromatic carbocycles. The zero-order valence-corrected chi connectivity index (χ0v) is 13.5. The molecule has 0 bridgehead atoms. The van der Waals surface area contributed by atoms with Gasteiger partial charge in [0.15, 0.2) is 5.13 Å². The molecule has 0 atom stereocenters. The van der Waals surface area contributed by atoms with Gasteiger partial charge < -0.3 is 16.0 Å². The molecule has 1 aliphatic heterocycles. The van der Waals surface area contributed by atoms with E-state index in [1.54, 1.807) is 6.92 Å². The lowest BCUT2D eigenvalue weighted by Gasteiger charge is -2.33. The summed E-state index contributed by atoms with van der Waals surface area (Å²) in [6.45, 7) is 7.00. The Hall–Kier alpha value is -1.63. The maximum absolute atomic E-state index is 12.2. The topological polar surface area (TPSA) is 88.3 Å². The standard InChI is InChI=1S/C14H22N4O2S/c1-8(2)13(20)18-6-4-10(5-7-18)17-12(19)11-9(3)16-14(15)21-11/h8,10H,4-7H2,1-3H3,(H2,15,16)(H,17,19). The Morgan fingerprint density at radius 2 is 2.00 bits per heavy atom. The number of aryl methyl sites for hydroxylation is 1. The second-order valence-electron chi connectivity index (χ2n) is 5.69. The van der Waals surface area contributed by atoms with Gasteiger partial charge in [-0.3, -0.25) is 9.59 Å². The number of nitrogen functional groups attached to an aromatic ring is 1. The van der Waals surface area contributed by atoms with E-state index in [0.717, 1.165) is 12.8 Å². The quantitative estimate of drug-likeness (QED) is 0.883. The molecule has 2 rings (SSSR count). The zero-order chi connectivity index (χ0) is 15.6. The molecule has 1 aromatic heterocycles. The van der Waals surface area contributed by atoms with Crippen molar-refractivity contribution < 1.29 is 9.59 Å². The number of thiazole rings is 1. The van der Waals surface area contributed by atoms with Crippen LogP contribution in [0.15, 0.2) is 0 Å². The van der Waals surface area contributed by atoms with Crippen molar-refractivity contribution in [2.75, 3.05) is 18.8 Å². The van der Waals surface area contributed by atoms with Crippen LogP contribution >= 0.6 is 11.3 Å². The zero-order valence-electron chi connectivity index (χ0n) is 12.7. The first-order valence-electron chi connectivity index (χ1n) is 7.21. The Kier molecular flexibility index (Phi) is 4.82. The largest absolute Gasteiger partial charge is 0.375 e. The van der Waals surface area contributed by atoms with Crippen molar-refractivity contribution >= 4 is 28.3 Å². The molecule has 1 fully saturated rings. The molecule has 0 aliphatic carbocycles. The van der Waals surface area contributed by atoms with Crippen LogP contribution in [0.25, 0.3) is 0 Å². The summed E-state index contributed by atoms with van der Waals surface area (Å²) in [5, 5.41) is 3.43. The SMILES string of the molecule is Cc1nc(N)sc1C(=O)NC1CCN(C(=O)C(C)C)CC1. The fourth-order valence-corrected chi connectivity index (χ4v) is 3.22. The molecular formula is C14H22N4O2S. The van der Waals surface area contributed by atoms with Crippen LogP contribution in [0.4, 0.5) is 5.13 Å². The van der Waals surface area contributed by atoms with Crippen LogP contribution in [0, 0.1) is 12.8 Å². The summed E-state index contributed by atoms with van der Waals surface area (Å²) in [6, 6.07) is 0.108. The molecular weight excluding hydrogens is 288 g/mol. The van der Waals surface area contributed by atoms with Crippen LogP contribution in [-0.4, -0.2) is 40.8 Å². The minimum Gasteiger partial charge on any atom is -0.375 e. The van der Waals surface area contributed by atoms with Gasteiger partial charge in [0, 0.05) is 25.0 Å². The van der Waals surface area contributed by atoms with Gasteiger partial charge >= 0.3 is 0 Å². The molecule has 2 heterocycles. The molecule has 21 heavy (non-hydrogen) atoms. The summed E-state index contributed by atoms with van der Waals surface area (Å²) >= 11 is 1.21. The maximum atomic E-state index is 12.2. The molecule has 7 heteroatoms. The van der Waals surface area contributed by atoms with E-state index in [4.69, 9.17) is 5.73 Å². The number of nitrogens with two attached hydrogens (primary N) is 1. The molecule has 116 valence electrons. The van der Waals surface area contributed by atoms with Crippen LogP contribution in [0.1, 0.15) is 42.1 Å². The number of aromatic nitrogens is 1. The number of hydrogen-bond acceptors (Lipinski definition) is 5. The number of hydrogen-bond donors (Lipinski definition) is 2. The summed E-state index contributed by atoms with van der Waals surface area (Å²) in [5.41, 5.74) is 6.28. The Balaban J connectivity index is 1.88. The van der Waals surface area contributed by atoms with E-state index in [-0.39, 0.29) is 23.8 Å². The minimum atomic E-state index is -0.115. The number of piperidine rings is 1. The molecule has 0 saturated carbocycles. The average molecular weight is 310 g/mol. The molecule has 3 N–H and O–H groups in total. The predicted octanol–water partition coefficient (Wildman–Crippen LogP) is 1.41. The third-order valence-corrected chi connectivity index (χ3v) is 4.64. The molecule has 0 spiro atoms. The molecule has 1 aromatic rings. The number of rotatable bonds is 3. The van der Waals surface area contributed by atoms with Crippen molar-refractivity contribution in [3.8, 4) is 0 Å². The van der Waals surface area contributed by atoms with Gasteiger partial charge in [-0.1, -0.05) is 25.2 Å². The summed E-state index contributed by atoms with van der Waals surface area (Å²) in [7, 11) is 0. The number of amides is 2. The Bertz CT molecular complexity index is 533. The minimum absolute atomic E-state index is 0.0268. The van der Waals surface area contributed by atoms with Crippen molar-refractivity contribution in [1.82, 2.24) is 15.2 Å². The lowest BCUT2D eigenvalue weighted by molar-refractivity contribution is -0.135. The van der Waals surface area contributed by atoms with Gasteiger partial charge in [0.2, 0.25) is 5.91 Å². The highest BCUT2D eigenvalue weighted by Gasteiger charge is 2.26. The molecule has 1 aliphatic rings. The van der Waals surface area contributed by atoms with E-state index in [2.05, 4.69) is 10.3 Å². The lowest BCUT2D eigenvalue weighted by atomic mass is 10.0. The van der Waals surface area contributed by atoms with Crippen molar-refractivity contribution in [2.45, 2.75) is 39.7 Å². The highest BCUT2D eigenvalue weighted by atomic mass is 32.1. The Morgan fingerprint density at radius 3 is 2.48 bits per heavy atom. The first kappa shape index (κ1) is 15.8. The molecule has 1 saturated heterocycles. The Labute approximate surface area is 128 Å². The van der Waals surface area contributed by atoms with E-state index in [1.807, 2.05) is 18.7 Å². The number of anilines is 1. The number of likely N-dealkylation sites (tertiary alicyclic amines) is 1. The third kappa shape index (κ3) is 3.72. The molecule has 6 nitrogen and oxygen atoms in total. The summed E-state index contributed by atoms with van der Waals surface area (Å²) in [4.78, 5) is 30.6. The molecule has 0 radical (unpaired) electrons. The van der Waals surface area contributed by atoms with Crippen molar-refractivity contribution in [2.24, 2.45) is 5.92 Å². The summed E-state index contributed by atoms with van der Waals surface area (Å²) in [5.74, 6) is 0.0974. The first-order valence-corrected chi connectivity index (χ1v) is 8.02. The van der Waals surface area contributed by atoms with Crippen LogP contribution < -0.4 is 11.1 Å². The van der Waals surface area contributed by atoms with E-state index in [0.29, 0.717) is 28.8 Å². The summed E-state index contributed by atoms with van der Waals surface area (Å²) < 4.78 is 0. The maximum Gasteiger partial charge on any atom is 0.263 e. The fraction of sp³-hybridized carbons (Fsp3) is 0.643. The number of carbonyl (C=O) groups is 2. The van der Waals surface area contributed by atoms with Gasteiger partial charge in [-0.2, -0.15) is 0 Å². The van der Waals surface area contributed by atoms with Crippen molar-refractivity contribution in [1.29, 1.82) is 0 Å². The highest BCUT2D eigenvalue weighted by molar-refractivity contribution is 7.17. The Morgan fingerprint density at radius 1 is 1.38 bits per heavy atom. The van der Waals surface area contributed by atoms with Gasteiger partial charge in [0.25, 0.3) is 5.91 Å². The lowest BCUT2D eigenvalue weighted by Crippen LogP contribution is -2.47.